The number of aromatic nitrogens is 1. The van der Waals surface area contributed by atoms with Gasteiger partial charge in [-0.25, -0.2) is 4.98 Å². The van der Waals surface area contributed by atoms with Gasteiger partial charge in [-0.1, -0.05) is 13.8 Å². The van der Waals surface area contributed by atoms with Gasteiger partial charge in [-0.15, -0.1) is 0 Å². The summed E-state index contributed by atoms with van der Waals surface area (Å²) in [6, 6.07) is 2.41. The van der Waals surface area contributed by atoms with Crippen LogP contribution in [0, 0.1) is 6.92 Å². The van der Waals surface area contributed by atoms with Crippen LogP contribution in [-0.4, -0.2) is 11.0 Å². The van der Waals surface area contributed by atoms with E-state index in [2.05, 4.69) is 24.1 Å². The Morgan fingerprint density at radius 1 is 1.43 bits per heavy atom. The Morgan fingerprint density at radius 3 is 2.57 bits per heavy atom. The molecule has 0 amide bonds. The molecule has 1 aromatic rings. The van der Waals surface area contributed by atoms with Gasteiger partial charge in [0.25, 0.3) is 0 Å². The van der Waals surface area contributed by atoms with Gasteiger partial charge < -0.3 is 11.1 Å². The number of nitrogens with two attached hydrogens (primary N) is 1. The molecule has 1 rings (SSSR count). The molecule has 0 aliphatic carbocycles. The first-order valence-corrected chi connectivity index (χ1v) is 5.16. The molecule has 0 saturated carbocycles. The monoisotopic (exact) mass is 193 g/mol. The van der Waals surface area contributed by atoms with E-state index >= 15 is 0 Å². The Labute approximate surface area is 85.7 Å². The van der Waals surface area contributed by atoms with Crippen LogP contribution in [0.1, 0.15) is 32.3 Å². The van der Waals surface area contributed by atoms with Gasteiger partial charge in [0.1, 0.15) is 5.82 Å². The zero-order valence-corrected chi connectivity index (χ0v) is 9.17. The van der Waals surface area contributed by atoms with Gasteiger partial charge in [0.15, 0.2) is 0 Å². The van der Waals surface area contributed by atoms with Gasteiger partial charge in [-0.2, -0.15) is 0 Å². The van der Waals surface area contributed by atoms with Crippen LogP contribution >= 0.6 is 0 Å². The number of rotatable bonds is 4. The first-order chi connectivity index (χ1) is 6.67. The van der Waals surface area contributed by atoms with Crippen molar-refractivity contribution in [3.05, 3.63) is 17.8 Å². The van der Waals surface area contributed by atoms with Gasteiger partial charge in [0.05, 0.1) is 5.69 Å². The van der Waals surface area contributed by atoms with E-state index in [1.165, 1.54) is 0 Å². The van der Waals surface area contributed by atoms with Crippen molar-refractivity contribution in [2.45, 2.75) is 39.7 Å². The van der Waals surface area contributed by atoms with Crippen molar-refractivity contribution in [2.75, 3.05) is 11.1 Å². The molecule has 78 valence electrons. The van der Waals surface area contributed by atoms with Crippen molar-refractivity contribution >= 4 is 11.5 Å². The van der Waals surface area contributed by atoms with E-state index in [4.69, 9.17) is 5.73 Å². The number of nitrogen functional groups attached to an aromatic ring is 1. The summed E-state index contributed by atoms with van der Waals surface area (Å²) in [6.45, 7) is 6.31. The molecule has 0 fully saturated rings. The molecular weight excluding hydrogens is 174 g/mol. The van der Waals surface area contributed by atoms with Gasteiger partial charge >= 0.3 is 0 Å². The molecule has 1 heterocycles. The number of anilines is 2. The lowest BCUT2D eigenvalue weighted by Gasteiger charge is -2.16. The average Bonchev–Trinajstić information content (AvgIpc) is 2.17. The summed E-state index contributed by atoms with van der Waals surface area (Å²) >= 11 is 0. The van der Waals surface area contributed by atoms with Crippen molar-refractivity contribution < 1.29 is 0 Å². The van der Waals surface area contributed by atoms with E-state index in [-0.39, 0.29) is 0 Å². The summed E-state index contributed by atoms with van der Waals surface area (Å²) in [7, 11) is 0. The average molecular weight is 193 g/mol. The molecule has 3 N–H and O–H groups in total. The van der Waals surface area contributed by atoms with Crippen LogP contribution in [0.3, 0.4) is 0 Å². The number of nitrogens with one attached hydrogen (secondary N) is 1. The Morgan fingerprint density at radius 2 is 2.07 bits per heavy atom. The van der Waals surface area contributed by atoms with Gasteiger partial charge in [-0.05, 0) is 31.4 Å². The molecule has 0 spiro atoms. The molecule has 0 bridgehead atoms. The van der Waals surface area contributed by atoms with E-state index in [0.717, 1.165) is 29.9 Å². The highest BCUT2D eigenvalue weighted by Crippen LogP contribution is 2.18. The zero-order valence-electron chi connectivity index (χ0n) is 9.17. The first-order valence-electron chi connectivity index (χ1n) is 5.16. The van der Waals surface area contributed by atoms with Crippen LogP contribution < -0.4 is 11.1 Å². The smallest absolute Gasteiger partial charge is 0.149 e. The largest absolute Gasteiger partial charge is 0.396 e. The molecule has 0 radical (unpaired) electrons. The second-order valence-electron chi connectivity index (χ2n) is 3.61. The molecule has 0 unspecified atom stereocenters. The summed E-state index contributed by atoms with van der Waals surface area (Å²) in [4.78, 5) is 4.28. The minimum absolute atomic E-state index is 0.465. The molecule has 0 atom stereocenters. The molecule has 0 aromatic carbocycles. The number of hydrogen-bond acceptors (Lipinski definition) is 3. The second-order valence-corrected chi connectivity index (χ2v) is 3.61. The SMILES string of the molecule is CCC(CC)Nc1ncc(C)cc1N. The lowest BCUT2D eigenvalue weighted by atomic mass is 10.1. The summed E-state index contributed by atoms with van der Waals surface area (Å²) in [5, 5.41) is 3.34. The second kappa shape index (κ2) is 4.84. The Hall–Kier alpha value is -1.25. The predicted molar refractivity (Wildman–Crippen MR) is 61.4 cm³/mol. The van der Waals surface area contributed by atoms with Crippen molar-refractivity contribution in [1.82, 2.24) is 4.98 Å². The zero-order chi connectivity index (χ0) is 10.6. The number of pyridine rings is 1. The van der Waals surface area contributed by atoms with Crippen LogP contribution in [0.4, 0.5) is 11.5 Å². The molecule has 1 aromatic heterocycles. The number of nitrogens with zero attached hydrogens (tertiary/aromatic N) is 1. The van der Waals surface area contributed by atoms with Crippen LogP contribution in [0.15, 0.2) is 12.3 Å². The highest BCUT2D eigenvalue weighted by molar-refractivity contribution is 5.61. The van der Waals surface area contributed by atoms with Crippen LogP contribution in [0.25, 0.3) is 0 Å². The highest BCUT2D eigenvalue weighted by atomic mass is 15.0. The van der Waals surface area contributed by atoms with Crippen LogP contribution in [-0.2, 0) is 0 Å². The highest BCUT2D eigenvalue weighted by Gasteiger charge is 2.06. The van der Waals surface area contributed by atoms with E-state index in [1.807, 2.05) is 19.2 Å². The topological polar surface area (TPSA) is 50.9 Å². The third kappa shape index (κ3) is 2.62. The lowest BCUT2D eigenvalue weighted by Crippen LogP contribution is -2.18. The maximum atomic E-state index is 5.85. The van der Waals surface area contributed by atoms with E-state index in [1.54, 1.807) is 0 Å². The van der Waals surface area contributed by atoms with Gasteiger partial charge in [0.2, 0.25) is 0 Å². The molecule has 0 aliphatic heterocycles. The van der Waals surface area contributed by atoms with E-state index < -0.39 is 0 Å². The third-order valence-electron chi connectivity index (χ3n) is 2.38. The van der Waals surface area contributed by atoms with Crippen molar-refractivity contribution in [3.8, 4) is 0 Å². The number of hydrogen-bond donors (Lipinski definition) is 2. The molecule has 3 nitrogen and oxygen atoms in total. The normalized spacial score (nSPS) is 10.6. The Kier molecular flexibility index (Phi) is 3.74. The Balaban J connectivity index is 2.76. The maximum Gasteiger partial charge on any atom is 0.149 e. The minimum Gasteiger partial charge on any atom is -0.396 e. The van der Waals surface area contributed by atoms with Crippen LogP contribution in [0.5, 0.6) is 0 Å². The van der Waals surface area contributed by atoms with E-state index in [0.29, 0.717) is 6.04 Å². The standard InChI is InChI=1S/C11H19N3/c1-4-9(5-2)14-11-10(12)6-8(3)7-13-11/h6-7,9H,4-5,12H2,1-3H3,(H,13,14). The molecule has 0 saturated heterocycles. The fourth-order valence-corrected chi connectivity index (χ4v) is 1.40. The van der Waals surface area contributed by atoms with Crippen LogP contribution in [0.2, 0.25) is 0 Å². The third-order valence-corrected chi connectivity index (χ3v) is 2.38. The summed E-state index contributed by atoms with van der Waals surface area (Å²) in [5.74, 6) is 0.810. The van der Waals surface area contributed by atoms with Crippen molar-refractivity contribution in [2.24, 2.45) is 0 Å². The van der Waals surface area contributed by atoms with Gasteiger partial charge in [0, 0.05) is 12.2 Å². The molecule has 3 heteroatoms. The van der Waals surface area contributed by atoms with Crippen molar-refractivity contribution in [1.29, 1.82) is 0 Å². The van der Waals surface area contributed by atoms with E-state index in [9.17, 15) is 0 Å². The molecule has 14 heavy (non-hydrogen) atoms. The summed E-state index contributed by atoms with van der Waals surface area (Å²) in [5.41, 5.74) is 7.68. The Bertz CT molecular complexity index is 293. The minimum atomic E-state index is 0.465. The fourth-order valence-electron chi connectivity index (χ4n) is 1.40. The summed E-state index contributed by atoms with van der Waals surface area (Å²) < 4.78 is 0. The molecular formula is C11H19N3. The first kappa shape index (κ1) is 10.8. The number of aryl methyl sites for hydroxylation is 1. The van der Waals surface area contributed by atoms with Crippen molar-refractivity contribution in [3.63, 3.8) is 0 Å². The lowest BCUT2D eigenvalue weighted by molar-refractivity contribution is 0.669. The fraction of sp³-hybridized carbons (Fsp3) is 0.545. The molecule has 0 aliphatic rings. The maximum absolute atomic E-state index is 5.85. The van der Waals surface area contributed by atoms with Gasteiger partial charge in [-0.3, -0.25) is 0 Å². The predicted octanol–water partition coefficient (Wildman–Crippen LogP) is 2.57. The summed E-state index contributed by atoms with van der Waals surface area (Å²) in [6.07, 6.45) is 4.01. The quantitative estimate of drug-likeness (QED) is 0.772.